The van der Waals surface area contributed by atoms with Gasteiger partial charge in [-0.2, -0.15) is 18.3 Å². The molecule has 5 nitrogen and oxygen atoms in total. The number of hydrogen-bond acceptors (Lipinski definition) is 2. The van der Waals surface area contributed by atoms with Gasteiger partial charge in [-0.3, -0.25) is 5.32 Å². The lowest BCUT2D eigenvalue weighted by molar-refractivity contribution is -0.122. The molecule has 2 aliphatic carbocycles. The first-order valence-corrected chi connectivity index (χ1v) is 8.14. The highest BCUT2D eigenvalue weighted by Gasteiger charge is 2.48. The van der Waals surface area contributed by atoms with Crippen LogP contribution in [0, 0.1) is 6.92 Å². The molecule has 25 heavy (non-hydrogen) atoms. The quantitative estimate of drug-likeness (QED) is 0.788. The predicted octanol–water partition coefficient (Wildman–Crippen LogP) is 4.11. The molecule has 2 aliphatic rings. The number of aromatic nitrogens is 2. The number of halogens is 5. The average Bonchev–Trinajstić information content (AvgIpc) is 2.69. The highest BCUT2D eigenvalue weighted by atomic mass is 19.4. The van der Waals surface area contributed by atoms with Gasteiger partial charge in [0.25, 0.3) is 0 Å². The Balaban J connectivity index is 1.77. The van der Waals surface area contributed by atoms with Crippen LogP contribution in [0.25, 0.3) is 0 Å². The van der Waals surface area contributed by atoms with E-state index in [1.54, 1.807) is 16.9 Å². The summed E-state index contributed by atoms with van der Waals surface area (Å²) in [6.45, 7) is 0.199. The first-order chi connectivity index (χ1) is 11.6. The molecule has 0 bridgehead atoms. The monoisotopic (exact) mass is 366 g/mol. The minimum atomic E-state index is -4.51. The van der Waals surface area contributed by atoms with E-state index >= 15 is 0 Å². The van der Waals surface area contributed by atoms with Crippen molar-refractivity contribution in [2.75, 3.05) is 11.9 Å². The van der Waals surface area contributed by atoms with Crippen molar-refractivity contribution in [1.82, 2.24) is 15.1 Å². The number of carbonyl (C=O) groups is 1. The summed E-state index contributed by atoms with van der Waals surface area (Å²) in [7, 11) is 0. The van der Waals surface area contributed by atoms with Crippen molar-refractivity contribution in [2.45, 2.75) is 63.1 Å². The van der Waals surface area contributed by atoms with Gasteiger partial charge >= 0.3 is 12.2 Å². The molecule has 0 spiro atoms. The van der Waals surface area contributed by atoms with E-state index in [0.29, 0.717) is 11.3 Å². The van der Waals surface area contributed by atoms with E-state index in [2.05, 4.69) is 10.4 Å². The Bertz CT molecular complexity index is 658. The topological polar surface area (TPSA) is 59.0 Å². The highest BCUT2D eigenvalue weighted by Crippen LogP contribution is 2.50. The van der Waals surface area contributed by atoms with Gasteiger partial charge in [0.05, 0.1) is 11.7 Å². The van der Waals surface area contributed by atoms with E-state index < -0.39 is 30.6 Å². The van der Waals surface area contributed by atoms with Crippen LogP contribution in [0.4, 0.5) is 32.6 Å². The minimum absolute atomic E-state index is 0.0333. The number of anilines is 1. The van der Waals surface area contributed by atoms with Crippen LogP contribution in [0.15, 0.2) is 0 Å². The summed E-state index contributed by atoms with van der Waals surface area (Å²) in [5.41, 5.74) is 1.03. The molecule has 10 heteroatoms. The Kier molecular flexibility index (Phi) is 4.40. The molecule has 0 radical (unpaired) electrons. The molecular formula is C15H19F5N4O. The first kappa shape index (κ1) is 17.9. The summed E-state index contributed by atoms with van der Waals surface area (Å²) in [5, 5.41) is 8.55. The molecule has 0 saturated heterocycles. The molecule has 0 aromatic carbocycles. The second-order valence-electron chi connectivity index (χ2n) is 6.77. The van der Waals surface area contributed by atoms with Crippen molar-refractivity contribution in [1.29, 1.82) is 0 Å². The molecule has 0 unspecified atom stereocenters. The number of nitrogens with zero attached hydrogens (tertiary/aromatic N) is 2. The van der Waals surface area contributed by atoms with E-state index in [-0.39, 0.29) is 24.7 Å². The Hall–Kier alpha value is -1.87. The third-order valence-corrected chi connectivity index (χ3v) is 4.76. The number of rotatable bonds is 4. The van der Waals surface area contributed by atoms with E-state index in [1.807, 2.05) is 0 Å². The van der Waals surface area contributed by atoms with Crippen LogP contribution in [0.1, 0.15) is 55.3 Å². The van der Waals surface area contributed by atoms with Crippen LogP contribution in [-0.4, -0.2) is 34.5 Å². The lowest BCUT2D eigenvalue weighted by Crippen LogP contribution is -2.37. The van der Waals surface area contributed by atoms with Gasteiger partial charge in [-0.1, -0.05) is 0 Å². The number of alkyl halides is 5. The Morgan fingerprint density at radius 2 is 1.96 bits per heavy atom. The zero-order chi connectivity index (χ0) is 18.4. The van der Waals surface area contributed by atoms with E-state index in [9.17, 15) is 26.7 Å². The molecule has 0 atom stereocenters. The highest BCUT2D eigenvalue weighted by molar-refractivity contribution is 5.89. The fourth-order valence-electron chi connectivity index (χ4n) is 3.16. The van der Waals surface area contributed by atoms with Gasteiger partial charge in [-0.05, 0) is 26.2 Å². The van der Waals surface area contributed by atoms with Crippen LogP contribution in [0.3, 0.4) is 0 Å². The smallest absolute Gasteiger partial charge is 0.329 e. The zero-order valence-corrected chi connectivity index (χ0v) is 13.6. The van der Waals surface area contributed by atoms with Crippen LogP contribution >= 0.6 is 0 Å². The molecule has 2 N–H and O–H groups in total. The van der Waals surface area contributed by atoms with Crippen molar-refractivity contribution in [2.24, 2.45) is 0 Å². The standard InChI is InChI=1S/C15H19F5N4O/c1-8-11(9-5-14(16,17)6-9)23-24(10-3-2-4-10)12(8)22-13(25)21-7-15(18,19)20/h9-10H,2-7H2,1H3,(H2,21,22,25). The molecule has 0 aliphatic heterocycles. The van der Waals surface area contributed by atoms with Crippen LogP contribution in [0.5, 0.6) is 0 Å². The summed E-state index contributed by atoms with van der Waals surface area (Å²) in [6, 6.07) is -0.961. The van der Waals surface area contributed by atoms with Gasteiger partial charge in [0, 0.05) is 24.3 Å². The summed E-state index contributed by atoms with van der Waals surface area (Å²) < 4.78 is 64.5. The lowest BCUT2D eigenvalue weighted by Gasteiger charge is -2.34. The number of urea groups is 1. The van der Waals surface area contributed by atoms with Gasteiger partial charge in [0.15, 0.2) is 0 Å². The third-order valence-electron chi connectivity index (χ3n) is 4.76. The number of hydrogen-bond donors (Lipinski definition) is 2. The SMILES string of the molecule is Cc1c(C2CC(F)(F)C2)nn(C2CCC2)c1NC(=O)NCC(F)(F)F. The van der Waals surface area contributed by atoms with Crippen molar-refractivity contribution in [3.05, 3.63) is 11.3 Å². The summed E-state index contributed by atoms with van der Waals surface area (Å²) in [6.07, 6.45) is -2.45. The molecule has 140 valence electrons. The number of amides is 2. The molecule has 2 amide bonds. The Labute approximate surface area is 140 Å². The average molecular weight is 366 g/mol. The van der Waals surface area contributed by atoms with E-state index in [4.69, 9.17) is 0 Å². The molecule has 3 rings (SSSR count). The maximum Gasteiger partial charge on any atom is 0.405 e. The van der Waals surface area contributed by atoms with Crippen molar-refractivity contribution in [3.8, 4) is 0 Å². The fraction of sp³-hybridized carbons (Fsp3) is 0.733. The molecular weight excluding hydrogens is 347 g/mol. The Morgan fingerprint density at radius 1 is 1.32 bits per heavy atom. The summed E-state index contributed by atoms with van der Waals surface area (Å²) in [5.74, 6) is -2.81. The van der Waals surface area contributed by atoms with Gasteiger partial charge in [0.2, 0.25) is 5.92 Å². The minimum Gasteiger partial charge on any atom is -0.329 e. The second-order valence-corrected chi connectivity index (χ2v) is 6.77. The fourth-order valence-corrected chi connectivity index (χ4v) is 3.16. The van der Waals surface area contributed by atoms with Crippen LogP contribution < -0.4 is 10.6 Å². The van der Waals surface area contributed by atoms with E-state index in [1.165, 1.54) is 0 Å². The Morgan fingerprint density at radius 3 is 2.44 bits per heavy atom. The van der Waals surface area contributed by atoms with Crippen LogP contribution in [-0.2, 0) is 0 Å². The third kappa shape index (κ3) is 3.87. The van der Waals surface area contributed by atoms with Crippen molar-refractivity contribution in [3.63, 3.8) is 0 Å². The van der Waals surface area contributed by atoms with Crippen LogP contribution in [0.2, 0.25) is 0 Å². The first-order valence-electron chi connectivity index (χ1n) is 8.14. The molecule has 1 aromatic heterocycles. The largest absolute Gasteiger partial charge is 0.405 e. The maximum atomic E-state index is 13.2. The van der Waals surface area contributed by atoms with Gasteiger partial charge in [-0.15, -0.1) is 0 Å². The van der Waals surface area contributed by atoms with Crippen molar-refractivity contribution < 1.29 is 26.7 Å². The predicted molar refractivity (Wildman–Crippen MR) is 79.9 cm³/mol. The summed E-state index contributed by atoms with van der Waals surface area (Å²) in [4.78, 5) is 11.8. The molecule has 2 saturated carbocycles. The number of carbonyl (C=O) groups excluding carboxylic acids is 1. The normalized spacial score (nSPS) is 20.7. The summed E-state index contributed by atoms with van der Waals surface area (Å²) >= 11 is 0. The zero-order valence-electron chi connectivity index (χ0n) is 13.6. The molecule has 1 aromatic rings. The maximum absolute atomic E-state index is 13.2. The molecule has 1 heterocycles. The van der Waals surface area contributed by atoms with Gasteiger partial charge in [-0.25, -0.2) is 18.3 Å². The van der Waals surface area contributed by atoms with E-state index in [0.717, 1.165) is 19.3 Å². The van der Waals surface area contributed by atoms with Gasteiger partial charge < -0.3 is 5.32 Å². The van der Waals surface area contributed by atoms with Gasteiger partial charge in [0.1, 0.15) is 12.4 Å². The molecule has 2 fully saturated rings. The second kappa shape index (κ2) is 6.14. The van der Waals surface area contributed by atoms with Crippen molar-refractivity contribution >= 4 is 11.8 Å². The number of nitrogens with one attached hydrogen (secondary N) is 2. The lowest BCUT2D eigenvalue weighted by atomic mass is 9.78.